The highest BCUT2D eigenvalue weighted by molar-refractivity contribution is 5.18. The van der Waals surface area contributed by atoms with E-state index < -0.39 is 0 Å². The van der Waals surface area contributed by atoms with E-state index in [9.17, 15) is 15.0 Å². The highest BCUT2D eigenvalue weighted by Crippen LogP contribution is 2.28. The van der Waals surface area contributed by atoms with Crippen LogP contribution in [-0.4, -0.2) is 39.1 Å². The third kappa shape index (κ3) is 7.34. The van der Waals surface area contributed by atoms with E-state index in [1.165, 1.54) is 19.3 Å². The summed E-state index contributed by atoms with van der Waals surface area (Å²) >= 11 is 0. The number of rotatable bonds is 13. The van der Waals surface area contributed by atoms with E-state index in [-0.39, 0.29) is 17.7 Å². The molecule has 1 fully saturated rings. The maximum atomic E-state index is 12.1. The molecular weight excluding hydrogens is 344 g/mol. The molecule has 1 aliphatic rings. The molecule has 1 unspecified atom stereocenters. The van der Waals surface area contributed by atoms with E-state index in [4.69, 9.17) is 4.74 Å². The highest BCUT2D eigenvalue weighted by atomic mass is 16.5. The molecule has 1 heterocycles. The van der Waals surface area contributed by atoms with Crippen molar-refractivity contribution in [3.05, 3.63) is 16.2 Å². The van der Waals surface area contributed by atoms with Gasteiger partial charge in [-0.05, 0) is 51.4 Å². The van der Waals surface area contributed by atoms with Gasteiger partial charge >= 0.3 is 5.69 Å². The number of aliphatic hydroxyl groups is 1. The smallest absolute Gasteiger partial charge is 0.328 e. The predicted molar refractivity (Wildman–Crippen MR) is 107 cm³/mol. The van der Waals surface area contributed by atoms with Gasteiger partial charge in [0, 0.05) is 19.8 Å². The van der Waals surface area contributed by atoms with Crippen molar-refractivity contribution in [2.45, 2.75) is 96.6 Å². The Kier molecular flexibility index (Phi) is 9.98. The minimum Gasteiger partial charge on any atom is -0.493 e. The Bertz CT molecular complexity index is 575. The number of hydrogen-bond acceptors (Lipinski definition) is 4. The van der Waals surface area contributed by atoms with Crippen LogP contribution >= 0.6 is 0 Å². The number of imidazole rings is 1. The molecule has 3 N–H and O–H groups in total. The molecule has 27 heavy (non-hydrogen) atoms. The van der Waals surface area contributed by atoms with Gasteiger partial charge in [0.15, 0.2) is 0 Å². The molecular formula is C21H38N2O4. The first-order valence-corrected chi connectivity index (χ1v) is 10.9. The Morgan fingerprint density at radius 3 is 2.59 bits per heavy atom. The molecule has 0 radical (unpaired) electrons. The molecule has 1 aromatic heterocycles. The number of ether oxygens (including phenoxy) is 1. The molecule has 156 valence electrons. The minimum absolute atomic E-state index is 0.0106. The summed E-state index contributed by atoms with van der Waals surface area (Å²) in [6, 6.07) is 0. The van der Waals surface area contributed by atoms with Crippen molar-refractivity contribution >= 4 is 0 Å². The van der Waals surface area contributed by atoms with Crippen molar-refractivity contribution in [3.8, 4) is 5.88 Å². The van der Waals surface area contributed by atoms with Crippen molar-refractivity contribution in [2.24, 2.45) is 5.92 Å². The average molecular weight is 383 g/mol. The molecule has 0 aliphatic heterocycles. The van der Waals surface area contributed by atoms with Gasteiger partial charge in [-0.25, -0.2) is 4.79 Å². The van der Waals surface area contributed by atoms with Gasteiger partial charge in [-0.15, -0.1) is 0 Å². The van der Waals surface area contributed by atoms with Gasteiger partial charge in [-0.2, -0.15) is 0 Å². The van der Waals surface area contributed by atoms with Crippen molar-refractivity contribution in [2.75, 3.05) is 13.2 Å². The number of nitrogens with zero attached hydrogens (tertiary/aromatic N) is 1. The molecule has 1 atom stereocenters. The van der Waals surface area contributed by atoms with Crippen LogP contribution in [0.4, 0.5) is 0 Å². The number of unbranched alkanes of at least 4 members (excludes halogenated alkanes) is 4. The third-order valence-corrected chi connectivity index (χ3v) is 5.82. The summed E-state index contributed by atoms with van der Waals surface area (Å²) in [6.07, 6.45) is 12.2. The monoisotopic (exact) mass is 382 g/mol. The number of H-pyrrole nitrogens is 1. The van der Waals surface area contributed by atoms with Crippen LogP contribution in [0.25, 0.3) is 0 Å². The average Bonchev–Trinajstić information content (AvgIpc) is 2.95. The van der Waals surface area contributed by atoms with E-state index in [0.29, 0.717) is 31.0 Å². The quantitative estimate of drug-likeness (QED) is 0.454. The van der Waals surface area contributed by atoms with Crippen molar-refractivity contribution in [1.29, 1.82) is 0 Å². The summed E-state index contributed by atoms with van der Waals surface area (Å²) in [7, 11) is 0. The van der Waals surface area contributed by atoms with E-state index in [0.717, 1.165) is 58.2 Å². The fourth-order valence-corrected chi connectivity index (χ4v) is 4.17. The number of hydrogen-bond donors (Lipinski definition) is 3. The van der Waals surface area contributed by atoms with E-state index in [2.05, 4.69) is 4.98 Å². The second kappa shape index (κ2) is 12.2. The molecule has 0 aromatic carbocycles. The molecule has 0 saturated heterocycles. The van der Waals surface area contributed by atoms with Crippen molar-refractivity contribution in [1.82, 2.24) is 9.55 Å². The zero-order valence-corrected chi connectivity index (χ0v) is 16.9. The Morgan fingerprint density at radius 2 is 1.85 bits per heavy atom. The topological polar surface area (TPSA) is 87.5 Å². The number of aromatic amines is 1. The Morgan fingerprint density at radius 1 is 1.15 bits per heavy atom. The molecule has 1 saturated carbocycles. The Balaban J connectivity index is 1.75. The van der Waals surface area contributed by atoms with E-state index >= 15 is 0 Å². The first-order chi connectivity index (χ1) is 13.1. The fraction of sp³-hybridized carbons (Fsp3) is 0.857. The molecule has 0 spiro atoms. The number of aromatic hydroxyl groups is 1. The van der Waals surface area contributed by atoms with Crippen LogP contribution in [0.1, 0.15) is 83.2 Å². The maximum absolute atomic E-state index is 12.1. The molecule has 0 bridgehead atoms. The molecule has 6 heteroatoms. The normalized spacial score (nSPS) is 16.7. The van der Waals surface area contributed by atoms with Crippen LogP contribution < -0.4 is 5.69 Å². The maximum Gasteiger partial charge on any atom is 0.328 e. The van der Waals surface area contributed by atoms with E-state index in [1.54, 1.807) is 4.57 Å². The third-order valence-electron chi connectivity index (χ3n) is 5.82. The number of nitrogens with one attached hydrogen (secondary N) is 1. The second-order valence-corrected chi connectivity index (χ2v) is 7.85. The molecule has 1 aromatic rings. The zero-order chi connectivity index (χ0) is 19.5. The zero-order valence-electron chi connectivity index (χ0n) is 16.9. The number of aliphatic hydroxyl groups excluding tert-OH is 1. The minimum atomic E-state index is -0.354. The largest absolute Gasteiger partial charge is 0.493 e. The summed E-state index contributed by atoms with van der Waals surface area (Å²) in [6.45, 7) is 4.09. The van der Waals surface area contributed by atoms with Gasteiger partial charge in [-0.1, -0.05) is 38.5 Å². The van der Waals surface area contributed by atoms with Gasteiger partial charge < -0.3 is 14.9 Å². The first-order valence-electron chi connectivity index (χ1n) is 10.9. The Labute approximate surface area is 162 Å². The standard InChI is InChI=1S/C21H38N2O4/c1-2-27-16-10-5-3-4-9-13-18-20(25)22-21(26)23(18)15-14-19(24)17-11-7-6-8-12-17/h17,19,24-25H,2-16H2,1H3,(H,22,26). The van der Waals surface area contributed by atoms with Crippen LogP contribution in [0.15, 0.2) is 4.79 Å². The van der Waals surface area contributed by atoms with Gasteiger partial charge in [0.1, 0.15) is 0 Å². The van der Waals surface area contributed by atoms with Crippen LogP contribution in [-0.2, 0) is 17.7 Å². The number of aromatic nitrogens is 2. The molecule has 1 aliphatic carbocycles. The van der Waals surface area contributed by atoms with Crippen molar-refractivity contribution < 1.29 is 14.9 Å². The molecule has 0 amide bonds. The van der Waals surface area contributed by atoms with Crippen molar-refractivity contribution in [3.63, 3.8) is 0 Å². The lowest BCUT2D eigenvalue weighted by Gasteiger charge is -2.26. The Hall–Kier alpha value is -1.27. The van der Waals surface area contributed by atoms with Gasteiger partial charge in [0.05, 0.1) is 11.8 Å². The second-order valence-electron chi connectivity index (χ2n) is 7.85. The van der Waals surface area contributed by atoms with Crippen LogP contribution in [0.2, 0.25) is 0 Å². The predicted octanol–water partition coefficient (Wildman–Crippen LogP) is 3.74. The van der Waals surface area contributed by atoms with Crippen LogP contribution in [0.5, 0.6) is 5.88 Å². The van der Waals surface area contributed by atoms with Gasteiger partial charge in [-0.3, -0.25) is 9.55 Å². The lowest BCUT2D eigenvalue weighted by Crippen LogP contribution is -2.27. The summed E-state index contributed by atoms with van der Waals surface area (Å²) in [5.74, 6) is 0.352. The summed E-state index contributed by atoms with van der Waals surface area (Å²) in [4.78, 5) is 14.7. The lowest BCUT2D eigenvalue weighted by molar-refractivity contribution is 0.0729. The summed E-state index contributed by atoms with van der Waals surface area (Å²) < 4.78 is 6.96. The molecule has 6 nitrogen and oxygen atoms in total. The SMILES string of the molecule is CCOCCCCCCCc1c(O)[nH]c(=O)n1CCC(O)C1CCCCC1. The fourth-order valence-electron chi connectivity index (χ4n) is 4.17. The lowest BCUT2D eigenvalue weighted by atomic mass is 9.84. The van der Waals surface area contributed by atoms with E-state index in [1.807, 2.05) is 6.92 Å². The van der Waals surface area contributed by atoms with Crippen LogP contribution in [0.3, 0.4) is 0 Å². The first kappa shape index (κ1) is 22.0. The highest BCUT2D eigenvalue weighted by Gasteiger charge is 2.22. The summed E-state index contributed by atoms with van der Waals surface area (Å²) in [5, 5.41) is 20.5. The van der Waals surface area contributed by atoms with Gasteiger partial charge in [0.25, 0.3) is 0 Å². The van der Waals surface area contributed by atoms with Gasteiger partial charge in [0.2, 0.25) is 5.88 Å². The molecule has 2 rings (SSSR count). The summed E-state index contributed by atoms with van der Waals surface area (Å²) in [5.41, 5.74) is 0.417. The van der Waals surface area contributed by atoms with Crippen LogP contribution in [0, 0.1) is 5.92 Å².